The minimum absolute atomic E-state index is 0.0534. The first-order valence-electron chi connectivity index (χ1n) is 5.50. The Morgan fingerprint density at radius 2 is 2.11 bits per heavy atom. The molecule has 0 spiro atoms. The van der Waals surface area contributed by atoms with Gasteiger partial charge in [0.1, 0.15) is 11.4 Å². The van der Waals surface area contributed by atoms with E-state index in [9.17, 15) is 9.18 Å². The molecule has 0 radical (unpaired) electrons. The van der Waals surface area contributed by atoms with Crippen LogP contribution in [0.4, 0.5) is 4.39 Å². The molecule has 0 amide bonds. The Bertz CT molecular complexity index is 782. The number of aromatic nitrogens is 3. The van der Waals surface area contributed by atoms with Crippen molar-refractivity contribution in [3.63, 3.8) is 0 Å². The molecule has 2 heterocycles. The van der Waals surface area contributed by atoms with Gasteiger partial charge in [-0.25, -0.2) is 18.7 Å². The highest BCUT2D eigenvalue weighted by atomic mass is 19.1. The van der Waals surface area contributed by atoms with Crippen LogP contribution in [0.2, 0.25) is 0 Å². The Morgan fingerprint density at radius 3 is 2.84 bits per heavy atom. The maximum Gasteiger partial charge on any atom is 0.339 e. The van der Waals surface area contributed by atoms with E-state index in [1.807, 2.05) is 0 Å². The zero-order chi connectivity index (χ0) is 13.4. The van der Waals surface area contributed by atoms with Gasteiger partial charge in [0.05, 0.1) is 0 Å². The van der Waals surface area contributed by atoms with E-state index in [-0.39, 0.29) is 17.0 Å². The van der Waals surface area contributed by atoms with Crippen molar-refractivity contribution in [2.24, 2.45) is 0 Å². The van der Waals surface area contributed by atoms with Gasteiger partial charge in [-0.1, -0.05) is 12.1 Å². The van der Waals surface area contributed by atoms with E-state index in [2.05, 4.69) is 10.1 Å². The normalized spacial score (nSPS) is 10.8. The van der Waals surface area contributed by atoms with Crippen molar-refractivity contribution < 1.29 is 14.3 Å². The quantitative estimate of drug-likeness (QED) is 0.764. The molecule has 0 aliphatic heterocycles. The van der Waals surface area contributed by atoms with Gasteiger partial charge in [-0.2, -0.15) is 0 Å². The summed E-state index contributed by atoms with van der Waals surface area (Å²) in [7, 11) is 0. The molecule has 0 aliphatic carbocycles. The van der Waals surface area contributed by atoms with Crippen LogP contribution in [0, 0.1) is 5.82 Å². The highest BCUT2D eigenvalue weighted by molar-refractivity contribution is 5.94. The molecule has 0 unspecified atom stereocenters. The van der Waals surface area contributed by atoms with Crippen molar-refractivity contribution >= 4 is 11.6 Å². The standard InChI is InChI=1S/C13H8FN3O2/c14-9-4-1-3-8(7-9)11-15-12-10(13(18)19)5-2-6-17(12)16-11/h1-7H,(H,18,19). The average Bonchev–Trinajstić information content (AvgIpc) is 2.82. The summed E-state index contributed by atoms with van der Waals surface area (Å²) in [5, 5.41) is 13.2. The monoisotopic (exact) mass is 257 g/mol. The molecule has 0 bridgehead atoms. The molecule has 1 aromatic carbocycles. The van der Waals surface area contributed by atoms with Crippen molar-refractivity contribution in [2.45, 2.75) is 0 Å². The fourth-order valence-corrected chi connectivity index (χ4v) is 1.82. The number of aromatic carboxylic acids is 1. The lowest BCUT2D eigenvalue weighted by Crippen LogP contribution is -2.00. The number of hydrogen-bond acceptors (Lipinski definition) is 3. The van der Waals surface area contributed by atoms with Crippen LogP contribution in [-0.2, 0) is 0 Å². The number of rotatable bonds is 2. The molecule has 6 heteroatoms. The summed E-state index contributed by atoms with van der Waals surface area (Å²) < 4.78 is 14.5. The van der Waals surface area contributed by atoms with Crippen LogP contribution in [0.25, 0.3) is 17.0 Å². The van der Waals surface area contributed by atoms with Crippen LogP contribution in [0.1, 0.15) is 10.4 Å². The summed E-state index contributed by atoms with van der Waals surface area (Å²) in [5.74, 6) is -1.19. The molecule has 0 saturated heterocycles. The number of carboxylic acid groups (broad SMARTS) is 1. The smallest absolute Gasteiger partial charge is 0.339 e. The molecule has 0 saturated carbocycles. The minimum Gasteiger partial charge on any atom is -0.478 e. The minimum atomic E-state index is -1.08. The number of fused-ring (bicyclic) bond motifs is 1. The van der Waals surface area contributed by atoms with Gasteiger partial charge in [0, 0.05) is 11.8 Å². The summed E-state index contributed by atoms with van der Waals surface area (Å²) in [5.41, 5.74) is 0.784. The van der Waals surface area contributed by atoms with E-state index in [4.69, 9.17) is 5.11 Å². The topological polar surface area (TPSA) is 67.5 Å². The third kappa shape index (κ3) is 1.93. The molecule has 94 valence electrons. The second-order valence-electron chi connectivity index (χ2n) is 3.94. The third-order valence-electron chi connectivity index (χ3n) is 2.68. The predicted molar refractivity (Wildman–Crippen MR) is 65.3 cm³/mol. The number of pyridine rings is 1. The molecule has 2 aromatic heterocycles. The van der Waals surface area contributed by atoms with E-state index in [0.717, 1.165) is 0 Å². The SMILES string of the molecule is O=C(O)c1cccn2nc(-c3cccc(F)c3)nc12. The molecule has 0 fully saturated rings. The number of carboxylic acids is 1. The zero-order valence-electron chi connectivity index (χ0n) is 9.62. The van der Waals surface area contributed by atoms with Gasteiger partial charge >= 0.3 is 5.97 Å². The summed E-state index contributed by atoms with van der Waals surface area (Å²) in [6, 6.07) is 8.85. The third-order valence-corrected chi connectivity index (χ3v) is 2.68. The summed E-state index contributed by atoms with van der Waals surface area (Å²) in [6.07, 6.45) is 1.59. The summed E-state index contributed by atoms with van der Waals surface area (Å²) >= 11 is 0. The molecule has 3 aromatic rings. The maximum absolute atomic E-state index is 13.2. The van der Waals surface area contributed by atoms with Crippen molar-refractivity contribution in [3.8, 4) is 11.4 Å². The van der Waals surface area contributed by atoms with Crippen LogP contribution in [-0.4, -0.2) is 25.7 Å². The van der Waals surface area contributed by atoms with Crippen molar-refractivity contribution in [2.75, 3.05) is 0 Å². The van der Waals surface area contributed by atoms with Gasteiger partial charge in [-0.3, -0.25) is 0 Å². The van der Waals surface area contributed by atoms with Gasteiger partial charge in [0.2, 0.25) is 0 Å². The first-order valence-corrected chi connectivity index (χ1v) is 5.50. The van der Waals surface area contributed by atoms with Crippen LogP contribution < -0.4 is 0 Å². The van der Waals surface area contributed by atoms with Gasteiger partial charge in [0.25, 0.3) is 0 Å². The van der Waals surface area contributed by atoms with Crippen LogP contribution in [0.15, 0.2) is 42.6 Å². The molecule has 0 atom stereocenters. The fourth-order valence-electron chi connectivity index (χ4n) is 1.82. The predicted octanol–water partition coefficient (Wildman–Crippen LogP) is 2.23. The Hall–Kier alpha value is -2.76. The summed E-state index contributed by atoms with van der Waals surface area (Å²) in [4.78, 5) is 15.2. The van der Waals surface area contributed by atoms with Gasteiger partial charge in [-0.05, 0) is 24.3 Å². The lowest BCUT2D eigenvalue weighted by molar-refractivity contribution is 0.0698. The average molecular weight is 257 g/mol. The number of hydrogen-bond donors (Lipinski definition) is 1. The Labute approximate surface area is 107 Å². The molecule has 1 N–H and O–H groups in total. The number of benzene rings is 1. The molecule has 5 nitrogen and oxygen atoms in total. The van der Waals surface area contributed by atoms with Crippen molar-refractivity contribution in [1.29, 1.82) is 0 Å². The Kier molecular flexibility index (Phi) is 2.49. The first-order chi connectivity index (χ1) is 9.15. The zero-order valence-corrected chi connectivity index (χ0v) is 9.62. The van der Waals surface area contributed by atoms with Crippen LogP contribution in [0.3, 0.4) is 0 Å². The van der Waals surface area contributed by atoms with E-state index in [1.165, 1.54) is 22.7 Å². The lowest BCUT2D eigenvalue weighted by atomic mass is 10.2. The van der Waals surface area contributed by atoms with Crippen molar-refractivity contribution in [3.05, 3.63) is 54.0 Å². The second kappa shape index (κ2) is 4.16. The van der Waals surface area contributed by atoms with E-state index < -0.39 is 11.8 Å². The van der Waals surface area contributed by atoms with Gasteiger partial charge < -0.3 is 5.11 Å². The van der Waals surface area contributed by atoms with Gasteiger partial charge in [-0.15, -0.1) is 5.10 Å². The highest BCUT2D eigenvalue weighted by Gasteiger charge is 2.13. The molecule has 3 rings (SSSR count). The molecule has 0 aliphatic rings. The first kappa shape index (κ1) is 11.3. The van der Waals surface area contributed by atoms with E-state index >= 15 is 0 Å². The van der Waals surface area contributed by atoms with E-state index in [0.29, 0.717) is 5.56 Å². The Morgan fingerprint density at radius 1 is 1.26 bits per heavy atom. The Balaban J connectivity index is 2.22. The fraction of sp³-hybridized carbons (Fsp3) is 0. The van der Waals surface area contributed by atoms with Crippen LogP contribution >= 0.6 is 0 Å². The lowest BCUT2D eigenvalue weighted by Gasteiger charge is -1.94. The second-order valence-corrected chi connectivity index (χ2v) is 3.94. The molecular formula is C13H8FN3O2. The molecular weight excluding hydrogens is 249 g/mol. The number of halogens is 1. The number of carbonyl (C=O) groups is 1. The summed E-state index contributed by atoms with van der Waals surface area (Å²) in [6.45, 7) is 0. The van der Waals surface area contributed by atoms with Gasteiger partial charge in [0.15, 0.2) is 11.5 Å². The molecule has 19 heavy (non-hydrogen) atoms. The highest BCUT2D eigenvalue weighted by Crippen LogP contribution is 2.18. The van der Waals surface area contributed by atoms with Crippen LogP contribution in [0.5, 0.6) is 0 Å². The largest absolute Gasteiger partial charge is 0.478 e. The van der Waals surface area contributed by atoms with E-state index in [1.54, 1.807) is 24.4 Å². The maximum atomic E-state index is 13.2. The van der Waals surface area contributed by atoms with Crippen molar-refractivity contribution in [1.82, 2.24) is 14.6 Å². The number of nitrogens with zero attached hydrogens (tertiary/aromatic N) is 3.